The van der Waals surface area contributed by atoms with Crippen molar-refractivity contribution in [1.82, 2.24) is 0 Å². The van der Waals surface area contributed by atoms with E-state index in [1.807, 2.05) is 18.2 Å². The molecule has 308 valence electrons. The number of hydrogen-bond acceptors (Lipinski definition) is 6. The molecule has 4 saturated carbocycles. The van der Waals surface area contributed by atoms with Gasteiger partial charge in [-0.25, -0.2) is 9.59 Å². The monoisotopic (exact) mass is 767 g/mol. The third-order valence-corrected chi connectivity index (χ3v) is 17.1. The third-order valence-electron chi connectivity index (χ3n) is 17.1. The fraction of sp³-hybridized carbons (Fsp3) is 0.680. The molecule has 0 saturated heterocycles. The summed E-state index contributed by atoms with van der Waals surface area (Å²) in [4.78, 5) is 25.7. The van der Waals surface area contributed by atoms with Gasteiger partial charge in [-0.2, -0.15) is 0 Å². The summed E-state index contributed by atoms with van der Waals surface area (Å²) < 4.78 is 11.6. The van der Waals surface area contributed by atoms with Crippen LogP contribution in [0.5, 0.6) is 0 Å². The molecule has 2 aromatic rings. The van der Waals surface area contributed by atoms with Crippen LogP contribution in [0.3, 0.4) is 0 Å². The van der Waals surface area contributed by atoms with E-state index in [1.165, 1.54) is 51.0 Å². The molecule has 0 aliphatic heterocycles. The minimum Gasteiger partial charge on any atom is -0.462 e. The number of fused-ring (bicyclic) bond motifs is 5. The molecule has 4 N–H and O–H groups in total. The van der Waals surface area contributed by atoms with Crippen molar-refractivity contribution >= 4 is 29.4 Å². The number of ether oxygens (including phenoxy) is 2. The molecule has 9 unspecified atom stereocenters. The van der Waals surface area contributed by atoms with E-state index in [0.29, 0.717) is 56.9 Å². The Kier molecular flexibility index (Phi) is 12.0. The molecule has 6 heteroatoms. The quantitative estimate of drug-likeness (QED) is 0.134. The van der Waals surface area contributed by atoms with Gasteiger partial charge < -0.3 is 20.9 Å². The standard InChI is InChI=1S/C50H74N2O4/c1-32(47(5,6)31-48(7,8)46(2,3)4)40-20-21-41-39-19-17-36-29-38(23-26-49(36,9)42(39)24-27-50(40,41)10)56-45(54)35-14-11-33(12-15-35)13-22-44(53)55-28-25-34-16-18-37(51)30-43(34)52/h11-16,18,22,30,32,36,38-42H,17,19-21,23-29,31,51-52H2,1-10H3/b22-13+. The van der Waals surface area contributed by atoms with Crippen LogP contribution in [0.1, 0.15) is 155 Å². The molecule has 0 amide bonds. The predicted molar refractivity (Wildman–Crippen MR) is 231 cm³/mol. The highest BCUT2D eigenvalue weighted by molar-refractivity contribution is 5.90. The molecule has 4 fully saturated rings. The first-order valence-electron chi connectivity index (χ1n) is 21.9. The summed E-state index contributed by atoms with van der Waals surface area (Å²) in [7, 11) is 0. The Labute approximate surface area is 339 Å². The van der Waals surface area contributed by atoms with E-state index in [-0.39, 0.29) is 24.1 Å². The fourth-order valence-corrected chi connectivity index (χ4v) is 12.6. The van der Waals surface area contributed by atoms with Gasteiger partial charge in [0.05, 0.1) is 12.2 Å². The summed E-state index contributed by atoms with van der Waals surface area (Å²) in [5.41, 5.74) is 16.9. The summed E-state index contributed by atoms with van der Waals surface area (Å²) in [6.07, 6.45) is 16.1. The van der Waals surface area contributed by atoms with Crippen molar-refractivity contribution in [2.45, 2.75) is 146 Å². The van der Waals surface area contributed by atoms with Crippen LogP contribution in [0.2, 0.25) is 0 Å². The van der Waals surface area contributed by atoms with Crippen LogP contribution in [0, 0.1) is 62.6 Å². The Morgan fingerprint density at radius 1 is 0.857 bits per heavy atom. The van der Waals surface area contributed by atoms with Gasteiger partial charge in [0.25, 0.3) is 0 Å². The number of hydrogen-bond donors (Lipinski definition) is 2. The Morgan fingerprint density at radius 2 is 1.54 bits per heavy atom. The zero-order valence-corrected chi connectivity index (χ0v) is 36.5. The minimum atomic E-state index is -0.430. The molecule has 56 heavy (non-hydrogen) atoms. The highest BCUT2D eigenvalue weighted by Gasteiger charge is 2.61. The molecule has 0 spiro atoms. The number of carbonyl (C=O) groups excluding carboxylic acids is 2. The van der Waals surface area contributed by atoms with E-state index < -0.39 is 5.97 Å². The summed E-state index contributed by atoms with van der Waals surface area (Å²) in [5, 5.41) is 0. The second kappa shape index (κ2) is 15.8. The number of esters is 2. The van der Waals surface area contributed by atoms with Crippen molar-refractivity contribution in [2.75, 3.05) is 18.1 Å². The summed E-state index contributed by atoms with van der Waals surface area (Å²) in [5.74, 6) is 3.92. The predicted octanol–water partition coefficient (Wildman–Crippen LogP) is 12.0. The van der Waals surface area contributed by atoms with Gasteiger partial charge in [-0.3, -0.25) is 0 Å². The van der Waals surface area contributed by atoms with Crippen molar-refractivity contribution in [2.24, 2.45) is 62.6 Å². The normalized spacial score (nSPS) is 31.2. The van der Waals surface area contributed by atoms with Crippen molar-refractivity contribution in [3.63, 3.8) is 0 Å². The first-order chi connectivity index (χ1) is 26.1. The van der Waals surface area contributed by atoms with Gasteiger partial charge in [-0.05, 0) is 168 Å². The number of nitrogens with two attached hydrogens (primary N) is 2. The Morgan fingerprint density at radius 3 is 2.21 bits per heavy atom. The molecule has 9 atom stereocenters. The van der Waals surface area contributed by atoms with Gasteiger partial charge >= 0.3 is 11.9 Å². The zero-order valence-electron chi connectivity index (χ0n) is 36.5. The zero-order chi connectivity index (χ0) is 40.8. The average molecular weight is 767 g/mol. The molecule has 0 heterocycles. The molecule has 2 aromatic carbocycles. The smallest absolute Gasteiger partial charge is 0.338 e. The molecule has 0 bridgehead atoms. The molecule has 0 aromatic heterocycles. The van der Waals surface area contributed by atoms with Crippen molar-refractivity contribution in [3.05, 3.63) is 65.2 Å². The Balaban J connectivity index is 1.000. The van der Waals surface area contributed by atoms with Gasteiger partial charge in [-0.1, -0.05) is 87.4 Å². The first kappa shape index (κ1) is 42.3. The van der Waals surface area contributed by atoms with Crippen molar-refractivity contribution < 1.29 is 19.1 Å². The van der Waals surface area contributed by atoms with Crippen molar-refractivity contribution in [1.29, 1.82) is 0 Å². The van der Waals surface area contributed by atoms with Crippen LogP contribution in [-0.4, -0.2) is 24.6 Å². The van der Waals surface area contributed by atoms with Crippen LogP contribution in [-0.2, 0) is 20.7 Å². The van der Waals surface area contributed by atoms with E-state index >= 15 is 0 Å². The molecule has 6 nitrogen and oxygen atoms in total. The van der Waals surface area contributed by atoms with Crippen LogP contribution >= 0.6 is 0 Å². The lowest BCUT2D eigenvalue weighted by atomic mass is 9.44. The molecular weight excluding hydrogens is 693 g/mol. The summed E-state index contributed by atoms with van der Waals surface area (Å²) >= 11 is 0. The topological polar surface area (TPSA) is 105 Å². The highest BCUT2D eigenvalue weighted by Crippen LogP contribution is 2.69. The van der Waals surface area contributed by atoms with Gasteiger partial charge in [0, 0.05) is 23.9 Å². The maximum absolute atomic E-state index is 13.3. The number of anilines is 2. The van der Waals surface area contributed by atoms with E-state index in [0.717, 1.165) is 54.1 Å². The van der Waals surface area contributed by atoms with Crippen LogP contribution < -0.4 is 11.5 Å². The summed E-state index contributed by atoms with van der Waals surface area (Å²) in [6.45, 7) is 25.5. The molecular formula is C50H74N2O4. The second-order valence-corrected chi connectivity index (χ2v) is 21.6. The lowest BCUT2D eigenvalue weighted by Crippen LogP contribution is -2.54. The molecule has 4 aliphatic rings. The minimum absolute atomic E-state index is 0.0276. The van der Waals surface area contributed by atoms with E-state index in [4.69, 9.17) is 20.9 Å². The number of nitrogen functional groups attached to an aromatic ring is 2. The van der Waals surface area contributed by atoms with Gasteiger partial charge in [0.2, 0.25) is 0 Å². The number of benzene rings is 2. The SMILES string of the molecule is CC(C1CCC2C3CCC4CC(OC(=O)c5ccc(/C=C/C(=O)OCCc6ccc(N)cc6N)cc5)CCC4(C)C3CCC21C)C(C)(C)CC(C)(C)C(C)(C)C. The van der Waals surface area contributed by atoms with Crippen LogP contribution in [0.15, 0.2) is 48.5 Å². The van der Waals surface area contributed by atoms with Gasteiger partial charge in [0.1, 0.15) is 6.10 Å². The van der Waals surface area contributed by atoms with Crippen molar-refractivity contribution in [3.8, 4) is 0 Å². The number of carbonyl (C=O) groups is 2. The Bertz CT molecular complexity index is 1750. The average Bonchev–Trinajstić information content (AvgIpc) is 3.47. The van der Waals surface area contributed by atoms with E-state index in [9.17, 15) is 9.59 Å². The maximum Gasteiger partial charge on any atom is 0.338 e. The van der Waals surface area contributed by atoms with Gasteiger partial charge in [0.15, 0.2) is 0 Å². The van der Waals surface area contributed by atoms with Crippen LogP contribution in [0.25, 0.3) is 6.08 Å². The van der Waals surface area contributed by atoms with Gasteiger partial charge in [-0.15, -0.1) is 0 Å². The summed E-state index contributed by atoms with van der Waals surface area (Å²) in [6, 6.07) is 12.6. The fourth-order valence-electron chi connectivity index (χ4n) is 12.6. The second-order valence-electron chi connectivity index (χ2n) is 21.6. The molecule has 6 rings (SSSR count). The first-order valence-corrected chi connectivity index (χ1v) is 21.9. The third kappa shape index (κ3) is 8.46. The van der Waals surface area contributed by atoms with Crippen LogP contribution in [0.4, 0.5) is 11.4 Å². The highest BCUT2D eigenvalue weighted by atomic mass is 16.5. The lowest BCUT2D eigenvalue weighted by Gasteiger charge is -2.61. The largest absolute Gasteiger partial charge is 0.462 e. The number of rotatable bonds is 11. The lowest BCUT2D eigenvalue weighted by molar-refractivity contribution is -0.137. The molecule has 0 radical (unpaired) electrons. The van der Waals surface area contributed by atoms with E-state index in [1.54, 1.807) is 30.3 Å². The van der Waals surface area contributed by atoms with E-state index in [2.05, 4.69) is 69.2 Å². The molecule has 4 aliphatic carbocycles. The maximum atomic E-state index is 13.3. The Hall–Kier alpha value is -3.28.